The van der Waals surface area contributed by atoms with E-state index in [-0.39, 0.29) is 11.6 Å². The van der Waals surface area contributed by atoms with E-state index in [2.05, 4.69) is 25.4 Å². The predicted molar refractivity (Wildman–Crippen MR) is 120 cm³/mol. The second-order valence-electron chi connectivity index (χ2n) is 8.29. The van der Waals surface area contributed by atoms with Gasteiger partial charge in [-0.05, 0) is 49.7 Å². The van der Waals surface area contributed by atoms with Crippen molar-refractivity contribution in [3.05, 3.63) is 88.8 Å². The van der Waals surface area contributed by atoms with Crippen molar-refractivity contribution in [1.29, 1.82) is 0 Å². The first-order chi connectivity index (χ1) is 15.0. The van der Waals surface area contributed by atoms with Crippen LogP contribution in [0.4, 0.5) is 4.39 Å². The minimum absolute atomic E-state index is 0.164. The molecule has 0 atom stereocenters. The smallest absolute Gasteiger partial charge is 0.178 e. The first-order valence-electron chi connectivity index (χ1n) is 10.8. The van der Waals surface area contributed by atoms with Gasteiger partial charge in [-0.15, -0.1) is 0 Å². The van der Waals surface area contributed by atoms with Crippen LogP contribution < -0.4 is 0 Å². The summed E-state index contributed by atoms with van der Waals surface area (Å²) in [6.45, 7) is 9.59. The maximum Gasteiger partial charge on any atom is 0.178 e. The van der Waals surface area contributed by atoms with Gasteiger partial charge in [-0.2, -0.15) is 0 Å². The van der Waals surface area contributed by atoms with Gasteiger partial charge in [0.1, 0.15) is 5.82 Å². The fourth-order valence-corrected chi connectivity index (χ4v) is 4.21. The van der Waals surface area contributed by atoms with Gasteiger partial charge in [0.15, 0.2) is 5.78 Å². The normalized spacial score (nSPS) is 15.3. The lowest BCUT2D eigenvalue weighted by Gasteiger charge is -2.34. The van der Waals surface area contributed by atoms with Crippen LogP contribution >= 0.6 is 0 Å². The molecule has 1 aromatic carbocycles. The van der Waals surface area contributed by atoms with Crippen molar-refractivity contribution < 1.29 is 9.18 Å². The topological polar surface area (TPSA) is 41.4 Å². The average molecular weight is 421 g/mol. The van der Waals surface area contributed by atoms with Gasteiger partial charge in [-0.25, -0.2) is 4.39 Å². The highest BCUT2D eigenvalue weighted by Crippen LogP contribution is 2.19. The van der Waals surface area contributed by atoms with Gasteiger partial charge in [-0.1, -0.05) is 18.2 Å². The van der Waals surface area contributed by atoms with Crippen LogP contribution in [0.25, 0.3) is 0 Å². The summed E-state index contributed by atoms with van der Waals surface area (Å²) in [5, 5.41) is 0. The third kappa shape index (κ3) is 5.27. The highest BCUT2D eigenvalue weighted by molar-refractivity contribution is 5.99. The van der Waals surface area contributed by atoms with Crippen LogP contribution in [0.15, 0.2) is 54.7 Å². The molecule has 1 saturated heterocycles. The van der Waals surface area contributed by atoms with Crippen molar-refractivity contribution in [2.45, 2.75) is 26.9 Å². The summed E-state index contributed by atoms with van der Waals surface area (Å²) < 4.78 is 15.3. The van der Waals surface area contributed by atoms with E-state index in [9.17, 15) is 9.18 Å². The molecule has 0 saturated carbocycles. The quantitative estimate of drug-likeness (QED) is 0.547. The van der Waals surface area contributed by atoms with Crippen molar-refractivity contribution in [3.8, 4) is 0 Å². The van der Waals surface area contributed by atoms with E-state index < -0.39 is 0 Å². The highest BCUT2D eigenvalue weighted by atomic mass is 19.1. The number of aromatic nitrogens is 2. The first-order valence-corrected chi connectivity index (χ1v) is 10.8. The molecule has 0 spiro atoms. The summed E-state index contributed by atoms with van der Waals surface area (Å²) in [5.41, 5.74) is 4.91. The van der Waals surface area contributed by atoms with Crippen LogP contribution in [-0.4, -0.2) is 57.9 Å². The third-order valence-electron chi connectivity index (χ3n) is 6.07. The van der Waals surface area contributed by atoms with Crippen LogP contribution in [0.1, 0.15) is 33.0 Å². The molecule has 0 bridgehead atoms. The number of ketones is 1. The van der Waals surface area contributed by atoms with Crippen molar-refractivity contribution in [1.82, 2.24) is 19.4 Å². The van der Waals surface area contributed by atoms with Crippen LogP contribution in [-0.2, 0) is 13.1 Å². The molecule has 6 heteroatoms. The first kappa shape index (κ1) is 21.4. The molecule has 31 heavy (non-hydrogen) atoms. The molecule has 2 aromatic heterocycles. The number of hydrogen-bond donors (Lipinski definition) is 0. The lowest BCUT2D eigenvalue weighted by atomic mass is 10.1. The van der Waals surface area contributed by atoms with Crippen molar-refractivity contribution >= 4 is 5.78 Å². The summed E-state index contributed by atoms with van der Waals surface area (Å²) in [6, 6.07) is 14.5. The Morgan fingerprint density at radius 3 is 2.35 bits per heavy atom. The van der Waals surface area contributed by atoms with E-state index >= 15 is 0 Å². The van der Waals surface area contributed by atoms with Gasteiger partial charge in [-0.3, -0.25) is 19.6 Å². The molecule has 0 aliphatic carbocycles. The van der Waals surface area contributed by atoms with Gasteiger partial charge >= 0.3 is 0 Å². The monoisotopic (exact) mass is 420 g/mol. The molecule has 5 nitrogen and oxygen atoms in total. The number of rotatable bonds is 7. The van der Waals surface area contributed by atoms with Gasteiger partial charge in [0.2, 0.25) is 0 Å². The van der Waals surface area contributed by atoms with Crippen molar-refractivity contribution in [2.24, 2.45) is 0 Å². The molecule has 0 amide bonds. The average Bonchev–Trinajstić information content (AvgIpc) is 3.06. The number of pyridine rings is 1. The molecule has 162 valence electrons. The Morgan fingerprint density at radius 1 is 0.968 bits per heavy atom. The van der Waals surface area contributed by atoms with E-state index in [0.717, 1.165) is 60.9 Å². The molecule has 3 heterocycles. The van der Waals surface area contributed by atoms with Gasteiger partial charge in [0.25, 0.3) is 0 Å². The fraction of sp³-hybridized carbons (Fsp3) is 0.360. The van der Waals surface area contributed by atoms with Gasteiger partial charge in [0.05, 0.1) is 12.2 Å². The summed E-state index contributed by atoms with van der Waals surface area (Å²) in [5.74, 6) is -0.0719. The van der Waals surface area contributed by atoms with Crippen LogP contribution in [0, 0.1) is 19.7 Å². The Hall–Kier alpha value is -2.83. The fourth-order valence-electron chi connectivity index (χ4n) is 4.21. The Kier molecular flexibility index (Phi) is 6.59. The lowest BCUT2D eigenvalue weighted by molar-refractivity contribution is 0.0841. The second-order valence-corrected chi connectivity index (χ2v) is 8.29. The Bertz CT molecular complexity index is 1020. The molecule has 0 N–H and O–H groups in total. The number of nitrogens with zero attached hydrogens (tertiary/aromatic N) is 4. The molecule has 1 aliphatic heterocycles. The SMILES string of the molecule is Cc1cc(C(=O)CN2CCN(Cc3ccccn3)CC2)c(C)n1Cc1ccc(F)cc1. The molecule has 1 aliphatic rings. The summed E-state index contributed by atoms with van der Waals surface area (Å²) >= 11 is 0. The van der Waals surface area contributed by atoms with Crippen LogP contribution in [0.2, 0.25) is 0 Å². The molecular formula is C25H29FN4O. The number of benzene rings is 1. The minimum atomic E-state index is -0.235. The van der Waals surface area contributed by atoms with Crippen molar-refractivity contribution in [2.75, 3.05) is 32.7 Å². The molecular weight excluding hydrogens is 391 g/mol. The lowest BCUT2D eigenvalue weighted by Crippen LogP contribution is -2.47. The number of carbonyl (C=O) groups is 1. The Morgan fingerprint density at radius 2 is 1.68 bits per heavy atom. The van der Waals surface area contributed by atoms with Crippen molar-refractivity contribution in [3.63, 3.8) is 0 Å². The number of aryl methyl sites for hydroxylation is 1. The van der Waals surface area contributed by atoms with Crippen LogP contribution in [0.5, 0.6) is 0 Å². The second kappa shape index (κ2) is 9.54. The zero-order valence-corrected chi connectivity index (χ0v) is 18.2. The van der Waals surface area contributed by atoms with Gasteiger partial charge in [0, 0.05) is 62.4 Å². The number of piperazine rings is 1. The number of halogens is 1. The van der Waals surface area contributed by atoms with E-state index in [0.29, 0.717) is 13.1 Å². The number of Topliss-reactive ketones (excluding diaryl/α,β-unsaturated/α-hetero) is 1. The Balaban J connectivity index is 1.34. The summed E-state index contributed by atoms with van der Waals surface area (Å²) in [4.78, 5) is 22.1. The predicted octanol–water partition coefficient (Wildman–Crippen LogP) is 3.69. The van der Waals surface area contributed by atoms with E-state index in [1.807, 2.05) is 38.2 Å². The summed E-state index contributed by atoms with van der Waals surface area (Å²) in [6.07, 6.45) is 1.83. The van der Waals surface area contributed by atoms with E-state index in [4.69, 9.17) is 0 Å². The molecule has 0 radical (unpaired) electrons. The largest absolute Gasteiger partial charge is 0.344 e. The van der Waals surface area contributed by atoms with E-state index in [1.165, 1.54) is 12.1 Å². The van der Waals surface area contributed by atoms with Gasteiger partial charge < -0.3 is 4.57 Å². The molecule has 4 rings (SSSR count). The summed E-state index contributed by atoms with van der Waals surface area (Å²) in [7, 11) is 0. The van der Waals surface area contributed by atoms with Crippen LogP contribution in [0.3, 0.4) is 0 Å². The highest BCUT2D eigenvalue weighted by Gasteiger charge is 2.22. The maximum atomic E-state index is 13.2. The molecule has 1 fully saturated rings. The molecule has 0 unspecified atom stereocenters. The van der Waals surface area contributed by atoms with E-state index in [1.54, 1.807) is 12.1 Å². The molecule has 3 aromatic rings. The zero-order chi connectivity index (χ0) is 21.8. The standard InChI is InChI=1S/C25H29FN4O/c1-19-15-24(20(2)30(19)16-21-6-8-22(26)9-7-21)25(31)18-29-13-11-28(12-14-29)17-23-5-3-4-10-27-23/h3-10,15H,11-14,16-18H2,1-2H3. The number of carbonyl (C=O) groups excluding carboxylic acids is 1. The third-order valence-corrected chi connectivity index (χ3v) is 6.07. The zero-order valence-electron chi connectivity index (χ0n) is 18.2. The minimum Gasteiger partial charge on any atom is -0.344 e. The maximum absolute atomic E-state index is 13.2. The Labute approximate surface area is 183 Å². The number of hydrogen-bond acceptors (Lipinski definition) is 4.